The Balaban J connectivity index is 1.58. The molecule has 0 unspecified atom stereocenters. The van der Waals surface area contributed by atoms with E-state index >= 15 is 0 Å². The summed E-state index contributed by atoms with van der Waals surface area (Å²) in [5, 5.41) is 15.0. The lowest BCUT2D eigenvalue weighted by molar-refractivity contribution is -0.122. The average Bonchev–Trinajstić information content (AvgIpc) is 3.48. The fraction of sp³-hybridized carbons (Fsp3) is 0.500. The highest BCUT2D eigenvalue weighted by Gasteiger charge is 2.30. The van der Waals surface area contributed by atoms with Crippen LogP contribution in [0.15, 0.2) is 30.5 Å². The second kappa shape index (κ2) is 11.0. The first-order valence-corrected chi connectivity index (χ1v) is 12.8. The van der Waals surface area contributed by atoms with Gasteiger partial charge in [-0.1, -0.05) is 12.8 Å². The molecule has 2 heterocycles. The first-order valence-electron chi connectivity index (χ1n) is 11.0. The van der Waals surface area contributed by atoms with Crippen molar-refractivity contribution in [3.63, 3.8) is 0 Å². The molecule has 1 saturated carbocycles. The molecule has 1 aliphatic heterocycles. The van der Waals surface area contributed by atoms with Crippen molar-refractivity contribution in [1.29, 1.82) is 0 Å². The zero-order valence-corrected chi connectivity index (χ0v) is 20.0. The van der Waals surface area contributed by atoms with E-state index in [2.05, 4.69) is 15.6 Å². The van der Waals surface area contributed by atoms with Crippen LogP contribution in [0.4, 0.5) is 17.5 Å². The normalized spacial score (nSPS) is 18.5. The minimum Gasteiger partial charge on any atom is -0.491 e. The Kier molecular flexibility index (Phi) is 7.85. The number of hydrogen-bond acceptors (Lipinski definition) is 7. The number of ether oxygens (including phenoxy) is 1. The topological polar surface area (TPSA) is 117 Å². The van der Waals surface area contributed by atoms with Crippen molar-refractivity contribution in [3.8, 4) is 5.75 Å². The molecule has 2 aliphatic rings. The van der Waals surface area contributed by atoms with E-state index < -0.39 is 21.5 Å². The first-order chi connectivity index (χ1) is 15.7. The molecule has 1 aromatic carbocycles. The maximum Gasteiger partial charge on any atom is 0.275 e. The van der Waals surface area contributed by atoms with Gasteiger partial charge in [0.25, 0.3) is 21.5 Å². The van der Waals surface area contributed by atoms with E-state index in [1.165, 1.54) is 0 Å². The summed E-state index contributed by atoms with van der Waals surface area (Å²) in [7, 11) is 0. The van der Waals surface area contributed by atoms with Crippen molar-refractivity contribution in [3.05, 3.63) is 36.0 Å². The van der Waals surface area contributed by atoms with Crippen LogP contribution in [0.2, 0.25) is 0 Å². The Labute approximate surface area is 198 Å². The number of nitrogens with one attached hydrogen (secondary N) is 2. The number of amides is 1. The molecule has 1 atom stereocenters. The van der Waals surface area contributed by atoms with E-state index in [9.17, 15) is 7.86 Å². The van der Waals surface area contributed by atoms with E-state index in [0.717, 1.165) is 43.4 Å². The number of halogens is 1. The summed E-state index contributed by atoms with van der Waals surface area (Å²) < 4.78 is 19.7. The maximum atomic E-state index is 12.3. The van der Waals surface area contributed by atoms with Crippen LogP contribution in [0.1, 0.15) is 37.7 Å². The summed E-state index contributed by atoms with van der Waals surface area (Å²) in [6.45, 7) is 0.901. The molecule has 4 rings (SSSR count). The number of hydrogen-bond donors (Lipinski definition) is 3. The molecule has 0 radical (unpaired) electrons. The Morgan fingerprint density at radius 3 is 2.66 bits per heavy atom. The predicted molar refractivity (Wildman–Crippen MR) is 129 cm³/mol. The molecule has 2 fully saturated rings. The number of anilines is 3. The second-order valence-electron chi connectivity index (χ2n) is 8.06. The van der Waals surface area contributed by atoms with Crippen LogP contribution in [0, 0.1) is 5.92 Å². The van der Waals surface area contributed by atoms with Crippen LogP contribution >= 0.6 is 21.5 Å². The monoisotopic (exact) mass is 553 g/mol. The highest BCUT2D eigenvalue weighted by atomic mass is 127. The SMILES string of the molecule is O=IN(c1nc(Nc2ccc(OCCO)cc2)ncc1C[C@@H]1CCNC1=O)C1CCCC1. The number of benzene rings is 1. The van der Waals surface area contributed by atoms with Gasteiger partial charge in [0.15, 0.2) is 0 Å². The number of aliphatic hydroxyl groups is 1. The van der Waals surface area contributed by atoms with Gasteiger partial charge in [-0.3, -0.25) is 7.91 Å². The molecule has 10 heteroatoms. The number of nitrogens with zero attached hydrogens (tertiary/aromatic N) is 3. The van der Waals surface area contributed by atoms with Gasteiger partial charge < -0.3 is 20.5 Å². The molecule has 1 saturated heterocycles. The fourth-order valence-electron chi connectivity index (χ4n) is 4.21. The smallest absolute Gasteiger partial charge is 0.275 e. The van der Waals surface area contributed by atoms with Crippen LogP contribution in [-0.4, -0.2) is 46.8 Å². The molecule has 172 valence electrons. The van der Waals surface area contributed by atoms with E-state index in [4.69, 9.17) is 14.8 Å². The molecule has 1 aliphatic carbocycles. The van der Waals surface area contributed by atoms with Gasteiger partial charge >= 0.3 is 0 Å². The van der Waals surface area contributed by atoms with E-state index in [-0.39, 0.29) is 31.1 Å². The second-order valence-corrected chi connectivity index (χ2v) is 9.50. The van der Waals surface area contributed by atoms with E-state index in [1.54, 1.807) is 18.3 Å². The standard InChI is InChI=1S/C22H28IN5O4/c29-11-12-32-19-7-5-17(6-8-19)26-22-25-14-16(13-15-9-10-24-21(15)30)20(27-22)28(23-31)18-3-1-2-4-18/h5-8,14-15,18,29H,1-4,9-13H2,(H,24,30)(H,25,26,27)/t15-/m0/s1. The van der Waals surface area contributed by atoms with Crippen molar-refractivity contribution in [1.82, 2.24) is 15.3 Å². The van der Waals surface area contributed by atoms with Crippen molar-refractivity contribution in [2.75, 3.05) is 28.2 Å². The highest BCUT2D eigenvalue weighted by molar-refractivity contribution is 14.1. The van der Waals surface area contributed by atoms with Crippen LogP contribution in [0.5, 0.6) is 5.75 Å². The van der Waals surface area contributed by atoms with Crippen LogP contribution in [0.25, 0.3) is 0 Å². The van der Waals surface area contributed by atoms with Gasteiger partial charge in [-0.15, -0.1) is 0 Å². The lowest BCUT2D eigenvalue weighted by atomic mass is 9.99. The summed E-state index contributed by atoms with van der Waals surface area (Å²) in [5.74, 6) is 1.73. The number of rotatable bonds is 10. The van der Waals surface area contributed by atoms with Gasteiger partial charge in [0.2, 0.25) is 11.9 Å². The lowest BCUT2D eigenvalue weighted by Crippen LogP contribution is -2.27. The molecule has 1 amide bonds. The van der Waals surface area contributed by atoms with Crippen molar-refractivity contribution >= 4 is 44.8 Å². The van der Waals surface area contributed by atoms with Crippen molar-refractivity contribution in [2.24, 2.45) is 5.92 Å². The quantitative estimate of drug-likeness (QED) is 0.304. The minimum atomic E-state index is -1.45. The third-order valence-corrected chi connectivity index (χ3v) is 7.53. The molecule has 32 heavy (non-hydrogen) atoms. The Morgan fingerprint density at radius 1 is 1.22 bits per heavy atom. The molecule has 0 bridgehead atoms. The molecular weight excluding hydrogens is 525 g/mol. The van der Waals surface area contributed by atoms with Gasteiger partial charge in [0, 0.05) is 36.0 Å². The summed E-state index contributed by atoms with van der Waals surface area (Å²) >= 11 is -1.45. The van der Waals surface area contributed by atoms with E-state index in [0.29, 0.717) is 30.5 Å². The van der Waals surface area contributed by atoms with E-state index in [1.807, 2.05) is 15.2 Å². The summed E-state index contributed by atoms with van der Waals surface area (Å²) in [6.07, 6.45) is 7.37. The van der Waals surface area contributed by atoms with Gasteiger partial charge in [-0.25, -0.2) is 8.05 Å². The van der Waals surface area contributed by atoms with Gasteiger partial charge in [-0.05, 0) is 49.9 Å². The van der Waals surface area contributed by atoms with Gasteiger partial charge in [-0.2, -0.15) is 4.98 Å². The highest BCUT2D eigenvalue weighted by Crippen LogP contribution is 2.36. The average molecular weight is 553 g/mol. The van der Waals surface area contributed by atoms with Crippen LogP contribution in [0.3, 0.4) is 0 Å². The van der Waals surface area contributed by atoms with Crippen molar-refractivity contribution in [2.45, 2.75) is 44.6 Å². The minimum absolute atomic E-state index is 0.0364. The summed E-state index contributed by atoms with van der Waals surface area (Å²) in [4.78, 5) is 21.4. The Morgan fingerprint density at radius 2 is 2.00 bits per heavy atom. The number of aliphatic hydroxyl groups excluding tert-OH is 1. The molecule has 2 aromatic rings. The van der Waals surface area contributed by atoms with Gasteiger partial charge in [0.05, 0.1) is 6.61 Å². The Hall–Kier alpha value is -2.34. The first kappa shape index (κ1) is 22.8. The maximum absolute atomic E-state index is 12.3. The Bertz CT molecular complexity index is 936. The summed E-state index contributed by atoms with van der Waals surface area (Å²) in [6, 6.07) is 7.53. The van der Waals surface area contributed by atoms with Crippen molar-refractivity contribution < 1.29 is 17.7 Å². The molecule has 9 nitrogen and oxygen atoms in total. The number of carbonyl (C=O) groups excluding carboxylic acids is 1. The third-order valence-electron chi connectivity index (χ3n) is 5.86. The van der Waals surface area contributed by atoms with Crippen LogP contribution in [-0.2, 0) is 14.3 Å². The van der Waals surface area contributed by atoms with Gasteiger partial charge in [0.1, 0.15) is 18.2 Å². The predicted octanol–water partition coefficient (Wildman–Crippen LogP) is 3.25. The lowest BCUT2D eigenvalue weighted by Gasteiger charge is -2.25. The molecule has 1 aromatic heterocycles. The molecule has 3 N–H and O–H groups in total. The molecular formula is C22H28IN5O4. The largest absolute Gasteiger partial charge is 0.491 e. The number of aromatic nitrogens is 2. The zero-order valence-electron chi connectivity index (χ0n) is 17.8. The fourth-order valence-corrected chi connectivity index (χ4v) is 5.70. The molecule has 0 spiro atoms. The van der Waals surface area contributed by atoms with Crippen LogP contribution < -0.4 is 18.5 Å². The third kappa shape index (κ3) is 5.52. The number of carbonyl (C=O) groups is 1. The summed E-state index contributed by atoms with van der Waals surface area (Å²) in [5.41, 5.74) is 1.66. The zero-order chi connectivity index (χ0) is 22.3.